The summed E-state index contributed by atoms with van der Waals surface area (Å²) in [6, 6.07) is 1.96. The number of hydrogen-bond donors (Lipinski definition) is 1. The predicted octanol–water partition coefficient (Wildman–Crippen LogP) is 0.401. The Kier molecular flexibility index (Phi) is 2.77. The van der Waals surface area contributed by atoms with Crippen LogP contribution in [-0.4, -0.2) is 20.0 Å². The fourth-order valence-electron chi connectivity index (χ4n) is 1.26. The van der Waals surface area contributed by atoms with E-state index in [4.69, 9.17) is 4.42 Å². The van der Waals surface area contributed by atoms with E-state index in [1.165, 1.54) is 0 Å². The van der Waals surface area contributed by atoms with Crippen LogP contribution in [0.2, 0.25) is 0 Å². The Bertz CT molecular complexity index is 393. The molecule has 0 aromatic carbocycles. The Balaban J connectivity index is 1.80. The third-order valence-electron chi connectivity index (χ3n) is 1.92. The Morgan fingerprint density at radius 2 is 2.27 bits per heavy atom. The van der Waals surface area contributed by atoms with Crippen LogP contribution >= 0.6 is 0 Å². The molecule has 80 valence electrons. The smallest absolute Gasteiger partial charge is 0.230 e. The van der Waals surface area contributed by atoms with Crippen molar-refractivity contribution in [2.45, 2.75) is 20.0 Å². The van der Waals surface area contributed by atoms with E-state index in [-0.39, 0.29) is 0 Å². The van der Waals surface area contributed by atoms with Gasteiger partial charge < -0.3 is 9.73 Å². The highest BCUT2D eigenvalue weighted by atomic mass is 16.4. The van der Waals surface area contributed by atoms with Crippen LogP contribution in [0.3, 0.4) is 0 Å². The third kappa shape index (κ3) is 2.63. The van der Waals surface area contributed by atoms with Crippen LogP contribution in [0.25, 0.3) is 0 Å². The van der Waals surface area contributed by atoms with Crippen molar-refractivity contribution < 1.29 is 4.42 Å². The molecule has 0 radical (unpaired) electrons. The van der Waals surface area contributed by atoms with E-state index in [2.05, 4.69) is 20.6 Å². The summed E-state index contributed by atoms with van der Waals surface area (Å²) in [6.07, 6.45) is 1.91. The van der Waals surface area contributed by atoms with Gasteiger partial charge in [-0.3, -0.25) is 4.68 Å². The highest BCUT2D eigenvalue weighted by molar-refractivity contribution is 4.98. The van der Waals surface area contributed by atoms with Crippen LogP contribution in [0.4, 0.5) is 0 Å². The maximum atomic E-state index is 5.22. The Hall–Kier alpha value is -1.69. The highest BCUT2D eigenvalue weighted by Crippen LogP contribution is 1.98. The van der Waals surface area contributed by atoms with Crippen molar-refractivity contribution in [2.75, 3.05) is 0 Å². The average Bonchev–Trinajstić information content (AvgIpc) is 2.76. The molecule has 0 aliphatic heterocycles. The summed E-state index contributed by atoms with van der Waals surface area (Å²) < 4.78 is 6.99. The molecule has 0 atom stereocenters. The molecule has 2 aromatic heterocycles. The van der Waals surface area contributed by atoms with Crippen molar-refractivity contribution >= 4 is 0 Å². The number of aryl methyl sites for hydroxylation is 2. The first-order valence-corrected chi connectivity index (χ1v) is 4.72. The lowest BCUT2D eigenvalue weighted by atomic mass is 10.4. The van der Waals surface area contributed by atoms with Crippen LogP contribution in [-0.2, 0) is 20.1 Å². The minimum Gasteiger partial charge on any atom is -0.424 e. The Labute approximate surface area is 87.3 Å². The van der Waals surface area contributed by atoms with Gasteiger partial charge in [-0.25, -0.2) is 0 Å². The minimum atomic E-state index is 0.567. The molecule has 0 saturated heterocycles. The molecule has 6 heteroatoms. The van der Waals surface area contributed by atoms with Gasteiger partial charge in [-0.1, -0.05) is 0 Å². The van der Waals surface area contributed by atoms with Gasteiger partial charge in [0.25, 0.3) is 0 Å². The van der Waals surface area contributed by atoms with E-state index in [9.17, 15) is 0 Å². The summed E-state index contributed by atoms with van der Waals surface area (Å²) in [7, 11) is 1.89. The molecule has 0 aliphatic rings. The fourth-order valence-corrected chi connectivity index (χ4v) is 1.26. The van der Waals surface area contributed by atoms with Gasteiger partial charge in [-0.2, -0.15) is 5.10 Å². The Morgan fingerprint density at radius 3 is 2.87 bits per heavy atom. The van der Waals surface area contributed by atoms with Gasteiger partial charge in [0.05, 0.1) is 12.2 Å². The van der Waals surface area contributed by atoms with E-state index >= 15 is 0 Å². The van der Waals surface area contributed by atoms with Gasteiger partial charge >= 0.3 is 0 Å². The molecule has 6 nitrogen and oxygen atoms in total. The first-order valence-electron chi connectivity index (χ1n) is 4.72. The molecule has 15 heavy (non-hydrogen) atoms. The van der Waals surface area contributed by atoms with E-state index in [1.807, 2.05) is 19.3 Å². The third-order valence-corrected chi connectivity index (χ3v) is 1.92. The van der Waals surface area contributed by atoms with Crippen molar-refractivity contribution in [1.29, 1.82) is 0 Å². The molecule has 1 N–H and O–H groups in total. The van der Waals surface area contributed by atoms with Crippen molar-refractivity contribution in [3.8, 4) is 0 Å². The second-order valence-electron chi connectivity index (χ2n) is 3.30. The van der Waals surface area contributed by atoms with Crippen LogP contribution in [0, 0.1) is 6.92 Å². The van der Waals surface area contributed by atoms with Crippen molar-refractivity contribution in [1.82, 2.24) is 25.3 Å². The summed E-state index contributed by atoms with van der Waals surface area (Å²) in [6.45, 7) is 3.04. The molecule has 0 aliphatic carbocycles. The van der Waals surface area contributed by atoms with Crippen LogP contribution in [0.15, 0.2) is 16.7 Å². The molecule has 0 fully saturated rings. The van der Waals surface area contributed by atoms with E-state index in [0.29, 0.717) is 24.9 Å². The molecular weight excluding hydrogens is 194 g/mol. The molecule has 2 aromatic rings. The largest absolute Gasteiger partial charge is 0.424 e. The summed E-state index contributed by atoms with van der Waals surface area (Å²) in [5, 5.41) is 15.0. The van der Waals surface area contributed by atoms with Crippen LogP contribution in [0.1, 0.15) is 17.5 Å². The molecule has 0 saturated carbocycles. The van der Waals surface area contributed by atoms with Crippen LogP contribution in [0.5, 0.6) is 0 Å². The maximum absolute atomic E-state index is 5.22. The Morgan fingerprint density at radius 1 is 1.40 bits per heavy atom. The number of nitrogens with zero attached hydrogens (tertiary/aromatic N) is 4. The zero-order chi connectivity index (χ0) is 10.7. The summed E-state index contributed by atoms with van der Waals surface area (Å²) in [4.78, 5) is 0. The van der Waals surface area contributed by atoms with Gasteiger partial charge in [0, 0.05) is 26.7 Å². The SMILES string of the molecule is Cc1nnc(CNCc2ccn(C)n2)o1. The number of aromatic nitrogens is 4. The monoisotopic (exact) mass is 207 g/mol. The summed E-state index contributed by atoms with van der Waals surface area (Å²) >= 11 is 0. The van der Waals surface area contributed by atoms with Crippen LogP contribution < -0.4 is 5.32 Å². The lowest BCUT2D eigenvalue weighted by molar-refractivity contribution is 0.445. The standard InChI is InChI=1S/C9H13N5O/c1-7-11-12-9(15-7)6-10-5-8-3-4-14(2)13-8/h3-4,10H,5-6H2,1-2H3. The predicted molar refractivity (Wildman–Crippen MR) is 52.8 cm³/mol. The van der Waals surface area contributed by atoms with Gasteiger partial charge in [0.15, 0.2) is 0 Å². The average molecular weight is 207 g/mol. The number of nitrogens with one attached hydrogen (secondary N) is 1. The number of rotatable bonds is 4. The van der Waals surface area contributed by atoms with Gasteiger partial charge in [0.2, 0.25) is 11.8 Å². The quantitative estimate of drug-likeness (QED) is 0.786. The normalized spacial score (nSPS) is 10.8. The number of hydrogen-bond acceptors (Lipinski definition) is 5. The first-order chi connectivity index (χ1) is 7.24. The lowest BCUT2D eigenvalue weighted by Gasteiger charge is -1.97. The molecule has 2 heterocycles. The van der Waals surface area contributed by atoms with Gasteiger partial charge in [0.1, 0.15) is 0 Å². The van der Waals surface area contributed by atoms with Gasteiger partial charge in [-0.15, -0.1) is 10.2 Å². The lowest BCUT2D eigenvalue weighted by Crippen LogP contribution is -2.13. The molecule has 0 bridgehead atoms. The van der Waals surface area contributed by atoms with E-state index in [0.717, 1.165) is 5.69 Å². The first kappa shape index (κ1) is 9.85. The zero-order valence-electron chi connectivity index (χ0n) is 8.77. The van der Waals surface area contributed by atoms with Crippen molar-refractivity contribution in [3.05, 3.63) is 29.7 Å². The highest BCUT2D eigenvalue weighted by Gasteiger charge is 2.02. The molecule has 0 spiro atoms. The van der Waals surface area contributed by atoms with Crippen molar-refractivity contribution in [3.63, 3.8) is 0 Å². The molecule has 0 unspecified atom stereocenters. The molecular formula is C9H13N5O. The minimum absolute atomic E-state index is 0.567. The maximum Gasteiger partial charge on any atom is 0.230 e. The second kappa shape index (κ2) is 4.22. The fraction of sp³-hybridized carbons (Fsp3) is 0.444. The van der Waals surface area contributed by atoms with E-state index in [1.54, 1.807) is 11.6 Å². The summed E-state index contributed by atoms with van der Waals surface area (Å²) in [5.41, 5.74) is 0.994. The topological polar surface area (TPSA) is 68.8 Å². The van der Waals surface area contributed by atoms with E-state index < -0.39 is 0 Å². The molecule has 0 amide bonds. The second-order valence-corrected chi connectivity index (χ2v) is 3.30. The molecule has 2 rings (SSSR count). The van der Waals surface area contributed by atoms with Gasteiger partial charge in [-0.05, 0) is 6.07 Å². The van der Waals surface area contributed by atoms with Crippen molar-refractivity contribution in [2.24, 2.45) is 7.05 Å². The zero-order valence-corrected chi connectivity index (χ0v) is 8.77. The summed E-state index contributed by atoms with van der Waals surface area (Å²) in [5.74, 6) is 1.19.